The van der Waals surface area contributed by atoms with Crippen LogP contribution in [0.2, 0.25) is 0 Å². The Hall–Kier alpha value is -5.16. The minimum atomic E-state index is -1.27. The fourth-order valence-electron chi connectivity index (χ4n) is 3.83. The molecule has 0 atom stereocenters. The molecule has 278 valence electrons. The Morgan fingerprint density at radius 2 is 1.31 bits per heavy atom. The number of aromatic amines is 2. The van der Waals surface area contributed by atoms with Gasteiger partial charge in [-0.25, -0.2) is 48.5 Å². The SMILES string of the molecule is CCOC(=O)CC(=O)c1nc(Br)cn1NC(=O)OC(C)(C)C.CCOC(=O)c1c[nH]n2cc(Br)nc2c1=O.O=C(O)c1c[nH]n2cc(Br)nc2c1=O. The van der Waals surface area contributed by atoms with E-state index >= 15 is 0 Å². The predicted octanol–water partition coefficient (Wildman–Crippen LogP) is 3.71. The molecular formula is C29H30Br3N9O11. The maximum Gasteiger partial charge on any atom is 0.427 e. The number of nitrogens with zero attached hydrogens (tertiary/aromatic N) is 6. The van der Waals surface area contributed by atoms with Crippen molar-refractivity contribution in [2.75, 3.05) is 18.6 Å². The number of aromatic nitrogens is 8. The van der Waals surface area contributed by atoms with E-state index in [1.165, 1.54) is 27.6 Å². The Kier molecular flexibility index (Phi) is 14.2. The van der Waals surface area contributed by atoms with Crippen LogP contribution in [0.1, 0.15) is 72.4 Å². The lowest BCUT2D eigenvalue weighted by Crippen LogP contribution is -2.33. The van der Waals surface area contributed by atoms with E-state index < -0.39 is 52.7 Å². The van der Waals surface area contributed by atoms with E-state index in [2.05, 4.69) is 78.4 Å². The zero-order valence-corrected chi connectivity index (χ0v) is 32.6. The van der Waals surface area contributed by atoms with Crippen molar-refractivity contribution in [1.82, 2.24) is 38.9 Å². The van der Waals surface area contributed by atoms with Crippen LogP contribution in [-0.2, 0) is 19.0 Å². The molecule has 1 amide bonds. The van der Waals surface area contributed by atoms with E-state index in [1.807, 2.05) is 0 Å². The van der Waals surface area contributed by atoms with E-state index in [0.717, 1.165) is 10.9 Å². The molecule has 5 heterocycles. The molecule has 5 aromatic heterocycles. The number of amides is 1. The van der Waals surface area contributed by atoms with E-state index in [9.17, 15) is 33.6 Å². The Bertz CT molecular complexity index is 2250. The summed E-state index contributed by atoms with van der Waals surface area (Å²) in [6, 6.07) is 0. The zero-order chi connectivity index (χ0) is 38.9. The zero-order valence-electron chi connectivity index (χ0n) is 27.9. The third-order valence-electron chi connectivity index (χ3n) is 5.82. The van der Waals surface area contributed by atoms with Gasteiger partial charge in [0, 0.05) is 12.4 Å². The first kappa shape index (κ1) is 41.3. The number of hydrogen-bond acceptors (Lipinski definition) is 13. The lowest BCUT2D eigenvalue weighted by molar-refractivity contribution is -0.142. The third-order valence-corrected chi connectivity index (χ3v) is 6.96. The number of H-pyrrole nitrogens is 2. The number of carboxylic acid groups (broad SMARTS) is 1. The van der Waals surface area contributed by atoms with Gasteiger partial charge in [-0.2, -0.15) is 0 Å². The summed E-state index contributed by atoms with van der Waals surface area (Å²) in [6.45, 7) is 8.86. The van der Waals surface area contributed by atoms with Crippen LogP contribution in [0.5, 0.6) is 0 Å². The Labute approximate surface area is 317 Å². The van der Waals surface area contributed by atoms with Gasteiger partial charge >= 0.3 is 24.0 Å². The Morgan fingerprint density at radius 3 is 1.81 bits per heavy atom. The van der Waals surface area contributed by atoms with Crippen molar-refractivity contribution in [2.45, 2.75) is 46.6 Å². The number of esters is 2. The topological polar surface area (TPSA) is 263 Å². The molecule has 20 nitrogen and oxygen atoms in total. The van der Waals surface area contributed by atoms with Gasteiger partial charge in [-0.15, -0.1) is 0 Å². The van der Waals surface area contributed by atoms with Gasteiger partial charge in [-0.3, -0.25) is 29.4 Å². The number of ketones is 1. The first-order valence-electron chi connectivity index (χ1n) is 14.7. The summed E-state index contributed by atoms with van der Waals surface area (Å²) in [7, 11) is 0. The van der Waals surface area contributed by atoms with Crippen molar-refractivity contribution in [3.63, 3.8) is 0 Å². The van der Waals surface area contributed by atoms with Gasteiger partial charge < -0.3 is 19.3 Å². The number of ether oxygens (including phenoxy) is 3. The third kappa shape index (κ3) is 11.2. The molecule has 5 aromatic rings. The average molecular weight is 920 g/mol. The summed E-state index contributed by atoms with van der Waals surface area (Å²) in [5.74, 6) is -3.26. The number of carboxylic acids is 1. The summed E-state index contributed by atoms with van der Waals surface area (Å²) in [4.78, 5) is 92.2. The van der Waals surface area contributed by atoms with Crippen molar-refractivity contribution in [1.29, 1.82) is 0 Å². The molecule has 4 N–H and O–H groups in total. The largest absolute Gasteiger partial charge is 0.477 e. The summed E-state index contributed by atoms with van der Waals surface area (Å²) in [5, 5.41) is 14.0. The second-order valence-corrected chi connectivity index (χ2v) is 13.3. The highest BCUT2D eigenvalue weighted by atomic mass is 79.9. The van der Waals surface area contributed by atoms with Crippen LogP contribution < -0.4 is 16.3 Å². The highest BCUT2D eigenvalue weighted by molar-refractivity contribution is 9.11. The molecule has 0 aliphatic heterocycles. The van der Waals surface area contributed by atoms with Crippen molar-refractivity contribution < 1.29 is 43.3 Å². The average Bonchev–Trinajstić information content (AvgIpc) is 3.72. The number of fused-ring (bicyclic) bond motifs is 2. The number of rotatable bonds is 8. The van der Waals surface area contributed by atoms with E-state index in [0.29, 0.717) is 13.8 Å². The molecule has 0 spiro atoms. The summed E-state index contributed by atoms with van der Waals surface area (Å²) in [5.41, 5.74) is 0.446. The van der Waals surface area contributed by atoms with E-state index in [-0.39, 0.29) is 41.5 Å². The quantitative estimate of drug-likeness (QED) is 0.0749. The van der Waals surface area contributed by atoms with Crippen molar-refractivity contribution >= 4 is 88.9 Å². The lowest BCUT2D eigenvalue weighted by atomic mass is 10.2. The second kappa shape index (κ2) is 17.9. The smallest absolute Gasteiger partial charge is 0.427 e. The van der Waals surface area contributed by atoms with Crippen LogP contribution in [-0.4, -0.2) is 92.6 Å². The number of hydrogen-bond donors (Lipinski definition) is 4. The molecule has 0 saturated heterocycles. The highest BCUT2D eigenvalue weighted by Crippen LogP contribution is 2.13. The van der Waals surface area contributed by atoms with Crippen molar-refractivity contribution in [2.24, 2.45) is 0 Å². The first-order valence-corrected chi connectivity index (χ1v) is 17.1. The molecular weight excluding hydrogens is 890 g/mol. The lowest BCUT2D eigenvalue weighted by Gasteiger charge is -2.20. The number of aromatic carboxylic acids is 1. The van der Waals surface area contributed by atoms with Gasteiger partial charge in [0.1, 0.15) is 37.0 Å². The number of carbonyl (C=O) groups is 5. The monoisotopic (exact) mass is 917 g/mol. The number of Topliss-reactive ketones (excluding diaryl/α,β-unsaturated/α-hetero) is 1. The van der Waals surface area contributed by atoms with Gasteiger partial charge in [0.15, 0.2) is 5.82 Å². The summed E-state index contributed by atoms with van der Waals surface area (Å²) in [6.07, 6.45) is 5.72. The molecule has 0 fully saturated rings. The minimum Gasteiger partial charge on any atom is -0.477 e. The van der Waals surface area contributed by atoms with Crippen molar-refractivity contribution in [3.8, 4) is 0 Å². The van der Waals surface area contributed by atoms with Crippen LogP contribution in [0.3, 0.4) is 0 Å². The van der Waals surface area contributed by atoms with Gasteiger partial charge in [0.05, 0.1) is 31.8 Å². The van der Waals surface area contributed by atoms with Gasteiger partial charge in [0.25, 0.3) is 0 Å². The molecule has 0 aliphatic rings. The van der Waals surface area contributed by atoms with Crippen LogP contribution >= 0.6 is 47.8 Å². The number of imidazole rings is 3. The Balaban J connectivity index is 0.000000216. The molecule has 5 rings (SSSR count). The van der Waals surface area contributed by atoms with E-state index in [1.54, 1.807) is 40.8 Å². The van der Waals surface area contributed by atoms with Crippen LogP contribution in [0, 0.1) is 0 Å². The molecule has 0 bridgehead atoms. The van der Waals surface area contributed by atoms with Gasteiger partial charge in [-0.1, -0.05) is 0 Å². The fraction of sp³-hybridized carbons (Fsp3) is 0.310. The molecule has 0 unspecified atom stereocenters. The summed E-state index contributed by atoms with van der Waals surface area (Å²) < 4.78 is 19.7. The standard InChI is InChI=1S/C13H18BrN3O5.C9H8BrN3O3.C7H4BrN3O3/c1-5-21-10(19)6-8(18)11-15-9(14)7-17(11)16-12(20)22-13(2,3)4;1-2-16-9(15)5-3-11-13-4-6(10)12-8(13)7(5)14;8-4-2-11-6(10-4)5(12)3(1-9-11)7(13)14/h7H,5-6H2,1-4H3,(H,16,20);3-4,11H,2H2,1H3;1-2,9H,(H,13,14). The summed E-state index contributed by atoms with van der Waals surface area (Å²) >= 11 is 9.33. The molecule has 0 saturated carbocycles. The number of carbonyl (C=O) groups excluding carboxylic acids is 4. The molecule has 0 aromatic carbocycles. The molecule has 0 radical (unpaired) electrons. The predicted molar refractivity (Wildman–Crippen MR) is 191 cm³/mol. The van der Waals surface area contributed by atoms with Gasteiger partial charge in [-0.05, 0) is 82.4 Å². The minimum absolute atomic E-state index is 0.0487. The fourth-order valence-corrected chi connectivity index (χ4v) is 4.95. The van der Waals surface area contributed by atoms with E-state index in [4.69, 9.17) is 19.3 Å². The number of nitrogens with one attached hydrogen (secondary N) is 3. The van der Waals surface area contributed by atoms with Crippen LogP contribution in [0.15, 0.2) is 54.4 Å². The molecule has 23 heteroatoms. The molecule has 0 aliphatic carbocycles. The Morgan fingerprint density at radius 1 is 0.808 bits per heavy atom. The maximum absolute atomic E-state index is 12.0. The second-order valence-electron chi connectivity index (χ2n) is 10.8. The van der Waals surface area contributed by atoms with Crippen LogP contribution in [0.4, 0.5) is 4.79 Å². The number of halogens is 3. The normalized spacial score (nSPS) is 10.8. The first-order chi connectivity index (χ1) is 24.3. The van der Waals surface area contributed by atoms with Gasteiger partial charge in [0.2, 0.25) is 27.9 Å². The molecule has 52 heavy (non-hydrogen) atoms. The highest BCUT2D eigenvalue weighted by Gasteiger charge is 2.23. The van der Waals surface area contributed by atoms with Crippen molar-refractivity contribution in [3.05, 3.63) is 82.2 Å². The maximum atomic E-state index is 12.0. The van der Waals surface area contributed by atoms with Crippen LogP contribution in [0.25, 0.3) is 11.3 Å².